The van der Waals surface area contributed by atoms with E-state index in [-0.39, 0.29) is 36.9 Å². The average Bonchev–Trinajstić information content (AvgIpc) is 2.96. The minimum Gasteiger partial charge on any atom is -0.484 e. The smallest absolute Gasteiger partial charge is 0.258 e. The maximum Gasteiger partial charge on any atom is 0.258 e. The number of ether oxygens (including phenoxy) is 1. The van der Waals surface area contributed by atoms with Crippen LogP contribution in [-0.4, -0.2) is 66.5 Å². The number of para-hydroxylation sites is 1. The number of hydrogen-bond donors (Lipinski definition) is 2. The van der Waals surface area contributed by atoms with E-state index in [2.05, 4.69) is 10.6 Å². The third kappa shape index (κ3) is 6.03. The maximum absolute atomic E-state index is 13.3. The van der Waals surface area contributed by atoms with Gasteiger partial charge in [-0.05, 0) is 56.4 Å². The Morgan fingerprint density at radius 1 is 1.25 bits per heavy atom. The van der Waals surface area contributed by atoms with Gasteiger partial charge in [0, 0.05) is 18.6 Å². The number of rotatable bonds is 8. The van der Waals surface area contributed by atoms with Gasteiger partial charge in [-0.2, -0.15) is 11.8 Å². The zero-order valence-corrected chi connectivity index (χ0v) is 17.9. The first-order chi connectivity index (χ1) is 13.2. The number of benzene rings is 1. The van der Waals surface area contributed by atoms with E-state index in [0.717, 1.165) is 38.1 Å². The Morgan fingerprint density at radius 3 is 2.75 bits per heavy atom. The summed E-state index contributed by atoms with van der Waals surface area (Å²) in [6.07, 6.45) is 5.76. The number of fused-ring (bicyclic) bond motifs is 2. The van der Waals surface area contributed by atoms with Crippen LogP contribution in [0.25, 0.3) is 0 Å². The van der Waals surface area contributed by atoms with Crippen LogP contribution in [0.15, 0.2) is 30.3 Å². The topological polar surface area (TPSA) is 70.7 Å². The molecule has 8 heteroatoms. The average molecular weight is 428 g/mol. The predicted molar refractivity (Wildman–Crippen MR) is 115 cm³/mol. The number of hydrogen-bond acceptors (Lipinski definition) is 5. The zero-order valence-electron chi connectivity index (χ0n) is 16.3. The third-order valence-corrected chi connectivity index (χ3v) is 5.91. The number of nitrogens with one attached hydrogen (secondary N) is 2. The van der Waals surface area contributed by atoms with Crippen molar-refractivity contribution < 1.29 is 14.3 Å². The molecule has 0 radical (unpaired) electrons. The van der Waals surface area contributed by atoms with Gasteiger partial charge in [0.05, 0.1) is 0 Å². The minimum absolute atomic E-state index is 0. The molecule has 2 fully saturated rings. The standard InChI is InChI=1S/C20H29N3O3S.ClH/c1-27-12-10-18(22-19(24)14-26-17-5-3-2-4-6-17)20(25)23-15-7-8-16(23)13-21-11-9-15;/h2-6,15-16,18,21H,7-14H2,1H3,(H,22,24);1H. The molecule has 2 aliphatic heterocycles. The van der Waals surface area contributed by atoms with Crippen molar-refractivity contribution in [3.63, 3.8) is 0 Å². The summed E-state index contributed by atoms with van der Waals surface area (Å²) in [4.78, 5) is 27.7. The molecule has 156 valence electrons. The van der Waals surface area contributed by atoms with Gasteiger partial charge in [-0.3, -0.25) is 9.59 Å². The summed E-state index contributed by atoms with van der Waals surface area (Å²) < 4.78 is 5.52. The normalized spacial score (nSPS) is 22.0. The molecule has 1 aromatic carbocycles. The van der Waals surface area contributed by atoms with E-state index in [1.807, 2.05) is 41.5 Å². The van der Waals surface area contributed by atoms with Crippen LogP contribution in [0.3, 0.4) is 0 Å². The first kappa shape index (κ1) is 22.8. The van der Waals surface area contributed by atoms with Crippen molar-refractivity contribution in [1.82, 2.24) is 15.5 Å². The Balaban J connectivity index is 0.00000280. The lowest BCUT2D eigenvalue weighted by molar-refractivity contribution is -0.139. The molecule has 3 unspecified atom stereocenters. The lowest BCUT2D eigenvalue weighted by Crippen LogP contribution is -2.53. The Morgan fingerprint density at radius 2 is 2.00 bits per heavy atom. The van der Waals surface area contributed by atoms with Crippen molar-refractivity contribution in [2.75, 3.05) is 31.7 Å². The van der Waals surface area contributed by atoms with Crippen LogP contribution in [-0.2, 0) is 9.59 Å². The monoisotopic (exact) mass is 427 g/mol. The summed E-state index contributed by atoms with van der Waals surface area (Å²) in [5, 5.41) is 6.34. The molecule has 3 atom stereocenters. The number of thioether (sulfide) groups is 1. The van der Waals surface area contributed by atoms with Crippen LogP contribution in [0.4, 0.5) is 0 Å². The maximum atomic E-state index is 13.3. The molecular formula is C20H30ClN3O3S. The van der Waals surface area contributed by atoms with Crippen LogP contribution in [0, 0.1) is 0 Å². The second-order valence-corrected chi connectivity index (χ2v) is 8.11. The summed E-state index contributed by atoms with van der Waals surface area (Å²) in [7, 11) is 0. The van der Waals surface area contributed by atoms with Gasteiger partial charge in [0.15, 0.2) is 6.61 Å². The fraction of sp³-hybridized carbons (Fsp3) is 0.600. The number of carbonyl (C=O) groups is 2. The van der Waals surface area contributed by atoms with Crippen molar-refractivity contribution in [2.45, 2.75) is 43.8 Å². The van der Waals surface area contributed by atoms with Crippen LogP contribution in [0.5, 0.6) is 5.75 Å². The van der Waals surface area contributed by atoms with Gasteiger partial charge < -0.3 is 20.3 Å². The zero-order chi connectivity index (χ0) is 19.1. The highest BCUT2D eigenvalue weighted by Gasteiger charge is 2.40. The molecule has 0 spiro atoms. The largest absolute Gasteiger partial charge is 0.484 e. The Labute approximate surface area is 177 Å². The van der Waals surface area contributed by atoms with Crippen molar-refractivity contribution in [3.05, 3.63) is 30.3 Å². The van der Waals surface area contributed by atoms with Crippen molar-refractivity contribution in [2.24, 2.45) is 0 Å². The highest BCUT2D eigenvalue weighted by molar-refractivity contribution is 7.98. The van der Waals surface area contributed by atoms with E-state index in [4.69, 9.17) is 4.74 Å². The molecule has 2 amide bonds. The molecule has 2 saturated heterocycles. The molecule has 2 aliphatic rings. The van der Waals surface area contributed by atoms with Gasteiger partial charge in [-0.25, -0.2) is 0 Å². The first-order valence-electron chi connectivity index (χ1n) is 9.68. The Kier molecular flexibility index (Phi) is 9.41. The van der Waals surface area contributed by atoms with Gasteiger partial charge in [0.2, 0.25) is 5.91 Å². The fourth-order valence-corrected chi connectivity index (χ4v) is 4.39. The van der Waals surface area contributed by atoms with E-state index in [1.165, 1.54) is 0 Å². The molecule has 2 heterocycles. The molecule has 0 aromatic heterocycles. The highest BCUT2D eigenvalue weighted by atomic mass is 35.5. The molecule has 1 aromatic rings. The van der Waals surface area contributed by atoms with Crippen molar-refractivity contribution in [1.29, 1.82) is 0 Å². The molecule has 3 rings (SSSR count). The minimum atomic E-state index is -0.481. The van der Waals surface area contributed by atoms with Crippen molar-refractivity contribution in [3.8, 4) is 5.75 Å². The number of carbonyl (C=O) groups excluding carboxylic acids is 2. The summed E-state index contributed by atoms with van der Waals surface area (Å²) in [5.41, 5.74) is 0. The van der Waals surface area contributed by atoms with Crippen LogP contribution in [0.2, 0.25) is 0 Å². The van der Waals surface area contributed by atoms with Gasteiger partial charge >= 0.3 is 0 Å². The number of amides is 2. The first-order valence-corrected chi connectivity index (χ1v) is 11.1. The van der Waals surface area contributed by atoms with Crippen LogP contribution in [0.1, 0.15) is 25.7 Å². The number of nitrogens with zero attached hydrogens (tertiary/aromatic N) is 1. The molecule has 0 saturated carbocycles. The van der Waals surface area contributed by atoms with E-state index < -0.39 is 6.04 Å². The lowest BCUT2D eigenvalue weighted by atomic mass is 10.1. The Hall–Kier alpha value is -1.44. The number of halogens is 1. The lowest BCUT2D eigenvalue weighted by Gasteiger charge is -2.32. The molecular weight excluding hydrogens is 398 g/mol. The summed E-state index contributed by atoms with van der Waals surface area (Å²) in [6, 6.07) is 9.31. The summed E-state index contributed by atoms with van der Waals surface area (Å²) >= 11 is 1.69. The van der Waals surface area contributed by atoms with E-state index in [0.29, 0.717) is 18.2 Å². The quantitative estimate of drug-likeness (QED) is 0.664. The van der Waals surface area contributed by atoms with Gasteiger partial charge in [-0.1, -0.05) is 18.2 Å². The third-order valence-electron chi connectivity index (χ3n) is 5.27. The SMILES string of the molecule is CSCCC(NC(=O)COc1ccccc1)C(=O)N1C2CCNCC1CC2.Cl. The van der Waals surface area contributed by atoms with Gasteiger partial charge in [0.1, 0.15) is 11.8 Å². The molecule has 2 bridgehead atoms. The highest BCUT2D eigenvalue weighted by Crippen LogP contribution is 2.29. The van der Waals surface area contributed by atoms with E-state index >= 15 is 0 Å². The van der Waals surface area contributed by atoms with Crippen LogP contribution < -0.4 is 15.4 Å². The summed E-state index contributed by atoms with van der Waals surface area (Å²) in [6.45, 7) is 1.72. The fourth-order valence-electron chi connectivity index (χ4n) is 3.92. The van der Waals surface area contributed by atoms with E-state index in [1.54, 1.807) is 11.8 Å². The second-order valence-electron chi connectivity index (χ2n) is 7.13. The molecule has 2 N–H and O–H groups in total. The Bertz CT molecular complexity index is 620. The molecule has 0 aliphatic carbocycles. The van der Waals surface area contributed by atoms with Gasteiger partial charge in [-0.15, -0.1) is 12.4 Å². The van der Waals surface area contributed by atoms with Crippen LogP contribution >= 0.6 is 24.2 Å². The molecule has 6 nitrogen and oxygen atoms in total. The summed E-state index contributed by atoms with van der Waals surface area (Å²) in [5.74, 6) is 1.29. The van der Waals surface area contributed by atoms with Crippen molar-refractivity contribution >= 4 is 36.0 Å². The van der Waals surface area contributed by atoms with E-state index in [9.17, 15) is 9.59 Å². The molecule has 28 heavy (non-hydrogen) atoms. The second kappa shape index (κ2) is 11.5. The van der Waals surface area contributed by atoms with Gasteiger partial charge in [0.25, 0.3) is 5.91 Å². The predicted octanol–water partition coefficient (Wildman–Crippen LogP) is 2.08.